The molecule has 2 aromatic rings. The number of aliphatic hydroxyl groups is 1. The van der Waals surface area contributed by atoms with Gasteiger partial charge >= 0.3 is 0 Å². The lowest BCUT2D eigenvalue weighted by atomic mass is 9.98. The molecule has 0 saturated carbocycles. The summed E-state index contributed by atoms with van der Waals surface area (Å²) in [5, 5.41) is 9.52. The summed E-state index contributed by atoms with van der Waals surface area (Å²) >= 11 is 0. The van der Waals surface area contributed by atoms with E-state index in [1.807, 2.05) is 24.3 Å². The van der Waals surface area contributed by atoms with Gasteiger partial charge in [-0.2, -0.15) is 0 Å². The third-order valence-corrected chi connectivity index (χ3v) is 4.45. The highest BCUT2D eigenvalue weighted by Crippen LogP contribution is 2.27. The first-order chi connectivity index (χ1) is 11.8. The van der Waals surface area contributed by atoms with Crippen LogP contribution in [0.2, 0.25) is 0 Å². The molecule has 3 rings (SSSR count). The van der Waals surface area contributed by atoms with E-state index in [1.54, 1.807) is 7.11 Å². The lowest BCUT2D eigenvalue weighted by molar-refractivity contribution is 0.0773. The monoisotopic (exact) mass is 327 g/mol. The Bertz CT molecular complexity index is 639. The molecule has 4 nitrogen and oxygen atoms in total. The number of rotatable bonds is 8. The van der Waals surface area contributed by atoms with Crippen molar-refractivity contribution in [3.05, 3.63) is 65.2 Å². The van der Waals surface area contributed by atoms with Gasteiger partial charge in [0.25, 0.3) is 0 Å². The molecule has 0 bridgehead atoms. The van der Waals surface area contributed by atoms with E-state index in [9.17, 15) is 5.11 Å². The summed E-state index contributed by atoms with van der Waals surface area (Å²) in [5.41, 5.74) is 4.37. The molecule has 1 saturated heterocycles. The van der Waals surface area contributed by atoms with Crippen molar-refractivity contribution in [2.75, 3.05) is 31.7 Å². The van der Waals surface area contributed by atoms with Crippen LogP contribution in [0, 0.1) is 5.92 Å². The van der Waals surface area contributed by atoms with Gasteiger partial charge in [0.1, 0.15) is 0 Å². The average Bonchev–Trinajstić information content (AvgIpc) is 2.59. The Morgan fingerprint density at radius 2 is 1.83 bits per heavy atom. The summed E-state index contributed by atoms with van der Waals surface area (Å²) < 4.78 is 11.0. The van der Waals surface area contributed by atoms with E-state index in [1.165, 1.54) is 11.3 Å². The minimum absolute atomic E-state index is 0.0456. The number of benzene rings is 2. The molecule has 1 aliphatic rings. The van der Waals surface area contributed by atoms with Crippen LogP contribution in [-0.4, -0.2) is 31.9 Å². The predicted molar refractivity (Wildman–Crippen MR) is 94.9 cm³/mol. The first-order valence-electron chi connectivity index (χ1n) is 8.38. The second kappa shape index (κ2) is 8.29. The molecular weight excluding hydrogens is 302 g/mol. The molecule has 1 aliphatic heterocycles. The van der Waals surface area contributed by atoms with E-state index >= 15 is 0 Å². The maximum atomic E-state index is 9.52. The molecule has 0 radical (unpaired) electrons. The number of hydrogen-bond donors (Lipinski definition) is 1. The molecule has 0 aliphatic carbocycles. The molecule has 2 aromatic carbocycles. The second-order valence-corrected chi connectivity index (χ2v) is 6.32. The van der Waals surface area contributed by atoms with Crippen molar-refractivity contribution in [1.29, 1.82) is 0 Å². The van der Waals surface area contributed by atoms with Crippen molar-refractivity contribution < 1.29 is 14.6 Å². The van der Waals surface area contributed by atoms with E-state index in [-0.39, 0.29) is 6.61 Å². The molecule has 24 heavy (non-hydrogen) atoms. The Morgan fingerprint density at radius 1 is 1.04 bits per heavy atom. The molecule has 1 fully saturated rings. The van der Waals surface area contributed by atoms with Gasteiger partial charge in [0.2, 0.25) is 0 Å². The van der Waals surface area contributed by atoms with Gasteiger partial charge in [0.05, 0.1) is 26.4 Å². The van der Waals surface area contributed by atoms with Crippen LogP contribution in [0.15, 0.2) is 48.5 Å². The van der Waals surface area contributed by atoms with Gasteiger partial charge in [-0.3, -0.25) is 0 Å². The van der Waals surface area contributed by atoms with Crippen LogP contribution in [0.1, 0.15) is 16.7 Å². The third kappa shape index (κ3) is 4.15. The number of hydrogen-bond acceptors (Lipinski definition) is 4. The van der Waals surface area contributed by atoms with Gasteiger partial charge in [-0.25, -0.2) is 0 Å². The summed E-state index contributed by atoms with van der Waals surface area (Å²) in [4.78, 5) is 2.33. The first-order valence-corrected chi connectivity index (χ1v) is 8.38. The molecule has 0 amide bonds. The van der Waals surface area contributed by atoms with Gasteiger partial charge in [-0.1, -0.05) is 36.4 Å². The van der Waals surface area contributed by atoms with Crippen molar-refractivity contribution in [3.8, 4) is 0 Å². The van der Waals surface area contributed by atoms with Crippen molar-refractivity contribution in [1.82, 2.24) is 0 Å². The highest BCUT2D eigenvalue weighted by molar-refractivity contribution is 5.52. The highest BCUT2D eigenvalue weighted by atomic mass is 16.5. The van der Waals surface area contributed by atoms with Crippen molar-refractivity contribution in [2.24, 2.45) is 5.92 Å². The van der Waals surface area contributed by atoms with Gasteiger partial charge < -0.3 is 19.5 Å². The average molecular weight is 327 g/mol. The second-order valence-electron chi connectivity index (χ2n) is 6.32. The fraction of sp³-hybridized carbons (Fsp3) is 0.400. The molecule has 0 unspecified atom stereocenters. The van der Waals surface area contributed by atoms with E-state index in [4.69, 9.17) is 9.47 Å². The Balaban J connectivity index is 1.46. The summed E-state index contributed by atoms with van der Waals surface area (Å²) in [7, 11) is 1.67. The van der Waals surface area contributed by atoms with Crippen molar-refractivity contribution in [3.63, 3.8) is 0 Å². The number of methoxy groups -OCH3 is 1. The molecule has 0 spiro atoms. The molecule has 1 heterocycles. The van der Waals surface area contributed by atoms with Crippen molar-refractivity contribution >= 4 is 5.69 Å². The molecule has 1 N–H and O–H groups in total. The lowest BCUT2D eigenvalue weighted by Crippen LogP contribution is -2.48. The van der Waals surface area contributed by atoms with Crippen LogP contribution in [0.5, 0.6) is 0 Å². The first kappa shape index (κ1) is 17.0. The van der Waals surface area contributed by atoms with Crippen molar-refractivity contribution in [2.45, 2.75) is 19.8 Å². The highest BCUT2D eigenvalue weighted by Gasteiger charge is 2.27. The Labute approximate surface area is 143 Å². The minimum atomic E-state index is 0.0456. The summed E-state index contributed by atoms with van der Waals surface area (Å²) in [5.74, 6) is 0.574. The van der Waals surface area contributed by atoms with Crippen LogP contribution >= 0.6 is 0 Å². The molecule has 0 aromatic heterocycles. The Kier molecular flexibility index (Phi) is 5.86. The molecule has 4 heteroatoms. The minimum Gasteiger partial charge on any atom is -0.392 e. The van der Waals surface area contributed by atoms with E-state index in [0.29, 0.717) is 19.1 Å². The molecule has 128 valence electrons. The zero-order chi connectivity index (χ0) is 16.8. The summed E-state index contributed by atoms with van der Waals surface area (Å²) in [6, 6.07) is 16.5. The number of ether oxygens (including phenoxy) is 2. The number of nitrogens with zero attached hydrogens (tertiary/aromatic N) is 1. The lowest BCUT2D eigenvalue weighted by Gasteiger charge is -2.41. The summed E-state index contributed by atoms with van der Waals surface area (Å²) in [6.07, 6.45) is 0. The Morgan fingerprint density at radius 3 is 2.54 bits per heavy atom. The van der Waals surface area contributed by atoms with Gasteiger partial charge in [-0.05, 0) is 28.8 Å². The topological polar surface area (TPSA) is 41.9 Å². The quantitative estimate of drug-likeness (QED) is 0.809. The van der Waals surface area contributed by atoms with Crippen LogP contribution in [0.25, 0.3) is 0 Å². The number of aliphatic hydroxyl groups excluding tert-OH is 1. The van der Waals surface area contributed by atoms with E-state index in [2.05, 4.69) is 29.2 Å². The Hall–Kier alpha value is -1.88. The normalized spacial score (nSPS) is 14.7. The van der Waals surface area contributed by atoms with E-state index in [0.717, 1.165) is 30.8 Å². The SMILES string of the molecule is COCc1ccc(N2CC(COCc3ccccc3)C2)cc1CO. The standard InChI is InChI=1S/C20H25NO3/c1-23-15-18-7-8-20(9-19(18)12-22)21-10-17(11-21)14-24-13-16-5-3-2-4-6-16/h2-9,17,22H,10-15H2,1H3. The van der Waals surface area contributed by atoms with Gasteiger partial charge in [0, 0.05) is 31.8 Å². The van der Waals surface area contributed by atoms with Gasteiger partial charge in [0.15, 0.2) is 0 Å². The van der Waals surface area contributed by atoms with Crippen LogP contribution in [-0.2, 0) is 29.3 Å². The maximum absolute atomic E-state index is 9.52. The zero-order valence-electron chi connectivity index (χ0n) is 14.1. The summed E-state index contributed by atoms with van der Waals surface area (Å²) in [6.45, 7) is 4.06. The van der Waals surface area contributed by atoms with Crippen LogP contribution < -0.4 is 4.90 Å². The molecular formula is C20H25NO3. The maximum Gasteiger partial charge on any atom is 0.0717 e. The van der Waals surface area contributed by atoms with Crippen LogP contribution in [0.3, 0.4) is 0 Å². The van der Waals surface area contributed by atoms with E-state index < -0.39 is 0 Å². The third-order valence-electron chi connectivity index (χ3n) is 4.45. The van der Waals surface area contributed by atoms with Crippen LogP contribution in [0.4, 0.5) is 5.69 Å². The molecule has 0 atom stereocenters. The zero-order valence-corrected chi connectivity index (χ0v) is 14.1. The van der Waals surface area contributed by atoms with Gasteiger partial charge in [-0.15, -0.1) is 0 Å². The smallest absolute Gasteiger partial charge is 0.0717 e. The number of anilines is 1. The predicted octanol–water partition coefficient (Wildman–Crippen LogP) is 2.98. The largest absolute Gasteiger partial charge is 0.392 e. The fourth-order valence-electron chi connectivity index (χ4n) is 3.06. The fourth-order valence-corrected chi connectivity index (χ4v) is 3.06.